The number of hydrogen-bond acceptors (Lipinski definition) is 2. The molecule has 0 radical (unpaired) electrons. The van der Waals surface area contributed by atoms with Crippen molar-refractivity contribution in [1.82, 2.24) is 0 Å². The zero-order chi connectivity index (χ0) is 36.1. The average molecular weight is 687 g/mol. The van der Waals surface area contributed by atoms with Gasteiger partial charge in [-0.25, -0.2) is 0 Å². The van der Waals surface area contributed by atoms with Gasteiger partial charge in [0.1, 0.15) is 0 Å². The molecular weight excluding hydrogens is 631 g/mol. The van der Waals surface area contributed by atoms with Gasteiger partial charge in [-0.1, -0.05) is 149 Å². The van der Waals surface area contributed by atoms with Crippen molar-refractivity contribution in [2.75, 3.05) is 0 Å². The highest BCUT2D eigenvalue weighted by Gasteiger charge is 2.54. The van der Waals surface area contributed by atoms with E-state index in [4.69, 9.17) is 9.31 Å². The van der Waals surface area contributed by atoms with Crippen molar-refractivity contribution < 1.29 is 9.31 Å². The summed E-state index contributed by atoms with van der Waals surface area (Å²) in [7, 11) is -0.422. The number of fused-ring (bicyclic) bond motifs is 10. The van der Waals surface area contributed by atoms with Gasteiger partial charge < -0.3 is 9.31 Å². The Kier molecular flexibility index (Phi) is 9.33. The molecule has 0 saturated carbocycles. The average Bonchev–Trinajstić information content (AvgIpc) is 3.70. The molecule has 1 heterocycles. The normalized spacial score (nSPS) is 16.9. The molecule has 0 atom stereocenters. The van der Waals surface area contributed by atoms with Crippen LogP contribution in [0.1, 0.15) is 126 Å². The fourth-order valence-electron chi connectivity index (χ4n) is 9.19. The standard InChI is InChI=1S/C49H55BO2/c1-7-9-11-13-19-34-29-35(20-14-12-10-8-2)31-37(30-34)36-25-27-41-42-28-26-38(50-51-47(3,4)48(5,6)52-50)33-46(42)49(45(41)32-36)43-23-17-15-21-39(43)40-22-16-18-24-44(40)49/h15-18,21-33H,7-14,19-20H2,1-6H3. The summed E-state index contributed by atoms with van der Waals surface area (Å²) in [6.45, 7) is 13.2. The lowest BCUT2D eigenvalue weighted by atomic mass is 9.68. The molecule has 52 heavy (non-hydrogen) atoms. The maximum absolute atomic E-state index is 6.64. The Morgan fingerprint density at radius 1 is 0.462 bits per heavy atom. The van der Waals surface area contributed by atoms with Crippen LogP contribution in [0.3, 0.4) is 0 Å². The van der Waals surface area contributed by atoms with E-state index in [9.17, 15) is 0 Å². The molecule has 0 bridgehead atoms. The third-order valence-corrected chi connectivity index (χ3v) is 12.7. The van der Waals surface area contributed by atoms with E-state index in [-0.39, 0.29) is 0 Å². The van der Waals surface area contributed by atoms with Gasteiger partial charge in [0.25, 0.3) is 0 Å². The van der Waals surface area contributed by atoms with Crippen LogP contribution in [0.15, 0.2) is 103 Å². The Labute approximate surface area is 313 Å². The van der Waals surface area contributed by atoms with Crippen LogP contribution < -0.4 is 5.46 Å². The summed E-state index contributed by atoms with van der Waals surface area (Å²) in [6.07, 6.45) is 12.6. The van der Waals surface area contributed by atoms with Crippen molar-refractivity contribution in [3.63, 3.8) is 0 Å². The van der Waals surface area contributed by atoms with Crippen molar-refractivity contribution in [1.29, 1.82) is 0 Å². The van der Waals surface area contributed by atoms with Crippen molar-refractivity contribution >= 4 is 12.6 Å². The second-order valence-electron chi connectivity index (χ2n) is 16.7. The second-order valence-corrected chi connectivity index (χ2v) is 16.7. The number of benzene rings is 5. The lowest BCUT2D eigenvalue weighted by Crippen LogP contribution is -2.41. The largest absolute Gasteiger partial charge is 0.494 e. The maximum atomic E-state index is 6.64. The molecule has 5 aromatic rings. The highest BCUT2D eigenvalue weighted by Crippen LogP contribution is 2.63. The minimum absolute atomic E-state index is 0.405. The fourth-order valence-corrected chi connectivity index (χ4v) is 9.19. The topological polar surface area (TPSA) is 18.5 Å². The zero-order valence-electron chi connectivity index (χ0n) is 32.3. The Morgan fingerprint density at radius 3 is 1.52 bits per heavy atom. The lowest BCUT2D eigenvalue weighted by Gasteiger charge is -2.32. The van der Waals surface area contributed by atoms with E-state index in [1.165, 1.54) is 118 Å². The fraction of sp³-hybridized carbons (Fsp3) is 0.388. The maximum Gasteiger partial charge on any atom is 0.494 e. The van der Waals surface area contributed by atoms with Crippen LogP contribution in [0.5, 0.6) is 0 Å². The van der Waals surface area contributed by atoms with Gasteiger partial charge in [-0.05, 0) is 132 Å². The molecule has 1 saturated heterocycles. The predicted octanol–water partition coefficient (Wildman–Crippen LogP) is 12.2. The van der Waals surface area contributed by atoms with Gasteiger partial charge in [0, 0.05) is 0 Å². The van der Waals surface area contributed by atoms with E-state index in [1.54, 1.807) is 0 Å². The SMILES string of the molecule is CCCCCCc1cc(CCCCCC)cc(-c2ccc3c(c2)C2(c4ccccc4-c4ccccc42)c2cc(B4OC(C)(C)C(C)(C)O4)ccc2-3)c1. The van der Waals surface area contributed by atoms with Crippen LogP contribution >= 0.6 is 0 Å². The van der Waals surface area contributed by atoms with Crippen LogP contribution in [-0.2, 0) is 27.6 Å². The summed E-state index contributed by atoms with van der Waals surface area (Å²) in [5.41, 5.74) is 16.2. The van der Waals surface area contributed by atoms with E-state index in [1.807, 2.05) is 0 Å². The molecule has 2 aliphatic carbocycles. The Morgan fingerprint density at radius 2 is 0.962 bits per heavy atom. The molecule has 266 valence electrons. The highest BCUT2D eigenvalue weighted by molar-refractivity contribution is 6.62. The van der Waals surface area contributed by atoms with E-state index < -0.39 is 23.7 Å². The molecular formula is C49H55BO2. The monoisotopic (exact) mass is 686 g/mol. The van der Waals surface area contributed by atoms with Crippen LogP contribution in [0.4, 0.5) is 0 Å². The van der Waals surface area contributed by atoms with Gasteiger partial charge in [-0.2, -0.15) is 0 Å². The van der Waals surface area contributed by atoms with Gasteiger partial charge in [0.2, 0.25) is 0 Å². The quantitative estimate of drug-likeness (QED) is 0.0941. The molecule has 2 nitrogen and oxygen atoms in total. The Bertz CT molecular complexity index is 2010. The third kappa shape index (κ3) is 5.80. The second kappa shape index (κ2) is 13.8. The number of hydrogen-bond donors (Lipinski definition) is 0. The molecule has 1 spiro atoms. The van der Waals surface area contributed by atoms with Gasteiger partial charge >= 0.3 is 7.12 Å². The number of aryl methyl sites for hydroxylation is 2. The predicted molar refractivity (Wildman–Crippen MR) is 220 cm³/mol. The summed E-state index contributed by atoms with van der Waals surface area (Å²) in [6, 6.07) is 40.0. The van der Waals surface area contributed by atoms with Crippen molar-refractivity contribution in [2.24, 2.45) is 0 Å². The first-order valence-corrected chi connectivity index (χ1v) is 20.2. The summed E-state index contributed by atoms with van der Waals surface area (Å²) in [5.74, 6) is 0. The van der Waals surface area contributed by atoms with E-state index >= 15 is 0 Å². The molecule has 5 aromatic carbocycles. The Hall–Kier alpha value is -3.92. The molecule has 3 heteroatoms. The first-order valence-electron chi connectivity index (χ1n) is 20.2. The van der Waals surface area contributed by atoms with Crippen molar-refractivity contribution in [3.8, 4) is 33.4 Å². The summed E-state index contributed by atoms with van der Waals surface area (Å²) in [5, 5.41) is 0. The van der Waals surface area contributed by atoms with E-state index in [0.717, 1.165) is 18.3 Å². The van der Waals surface area contributed by atoms with Crippen LogP contribution in [0.2, 0.25) is 0 Å². The summed E-state index contributed by atoms with van der Waals surface area (Å²) >= 11 is 0. The smallest absolute Gasteiger partial charge is 0.399 e. The zero-order valence-corrected chi connectivity index (χ0v) is 32.3. The van der Waals surface area contributed by atoms with E-state index in [0.29, 0.717) is 0 Å². The number of rotatable bonds is 12. The molecule has 0 N–H and O–H groups in total. The van der Waals surface area contributed by atoms with E-state index in [2.05, 4.69) is 145 Å². The van der Waals surface area contributed by atoms with Crippen molar-refractivity contribution in [3.05, 3.63) is 137 Å². The van der Waals surface area contributed by atoms with Gasteiger partial charge in [-0.15, -0.1) is 0 Å². The van der Waals surface area contributed by atoms with Crippen molar-refractivity contribution in [2.45, 2.75) is 122 Å². The first-order chi connectivity index (χ1) is 25.2. The van der Waals surface area contributed by atoms with Crippen LogP contribution in [0.25, 0.3) is 33.4 Å². The molecule has 0 amide bonds. The summed E-state index contributed by atoms with van der Waals surface area (Å²) in [4.78, 5) is 0. The molecule has 0 aromatic heterocycles. The molecule has 1 aliphatic heterocycles. The van der Waals surface area contributed by atoms with Crippen LogP contribution in [0, 0.1) is 0 Å². The van der Waals surface area contributed by atoms with Crippen LogP contribution in [-0.4, -0.2) is 18.3 Å². The molecule has 8 rings (SSSR count). The lowest BCUT2D eigenvalue weighted by molar-refractivity contribution is 0.00578. The summed E-state index contributed by atoms with van der Waals surface area (Å²) < 4.78 is 13.3. The Balaban J connectivity index is 1.29. The third-order valence-electron chi connectivity index (χ3n) is 12.7. The highest BCUT2D eigenvalue weighted by atomic mass is 16.7. The van der Waals surface area contributed by atoms with Gasteiger partial charge in [0.15, 0.2) is 0 Å². The molecule has 0 unspecified atom stereocenters. The van der Waals surface area contributed by atoms with Gasteiger partial charge in [-0.3, -0.25) is 0 Å². The molecule has 3 aliphatic rings. The minimum Gasteiger partial charge on any atom is -0.399 e. The van der Waals surface area contributed by atoms with Gasteiger partial charge in [0.05, 0.1) is 16.6 Å². The number of unbranched alkanes of at least 4 members (excludes halogenated alkanes) is 6. The molecule has 1 fully saturated rings. The minimum atomic E-state index is -0.436. The first kappa shape index (κ1) is 35.1.